The van der Waals surface area contributed by atoms with Crippen LogP contribution in [-0.2, 0) is 19.2 Å². The van der Waals surface area contributed by atoms with Crippen molar-refractivity contribution in [2.75, 3.05) is 10.6 Å². The third-order valence-electron chi connectivity index (χ3n) is 6.25. The summed E-state index contributed by atoms with van der Waals surface area (Å²) in [5.74, 6) is -2.35. The summed E-state index contributed by atoms with van der Waals surface area (Å²) in [6, 6.07) is 11.0. The van der Waals surface area contributed by atoms with Crippen LogP contribution in [0, 0.1) is 13.8 Å². The third kappa shape index (κ3) is 5.27. The lowest BCUT2D eigenvalue weighted by Gasteiger charge is -2.28. The van der Waals surface area contributed by atoms with E-state index in [1.807, 2.05) is 45.0 Å². The number of amides is 6. The van der Waals surface area contributed by atoms with Gasteiger partial charge < -0.3 is 16.0 Å². The first kappa shape index (κ1) is 24.6. The average Bonchev–Trinajstić information content (AvgIpc) is 3.09. The van der Waals surface area contributed by atoms with Crippen LogP contribution in [0.4, 0.5) is 16.2 Å². The van der Waals surface area contributed by atoms with Crippen LogP contribution in [0.2, 0.25) is 0 Å². The van der Waals surface area contributed by atoms with Crippen LogP contribution in [-0.4, -0.2) is 40.6 Å². The summed E-state index contributed by atoms with van der Waals surface area (Å²) in [7, 11) is 0. The van der Waals surface area contributed by atoms with Crippen molar-refractivity contribution < 1.29 is 24.0 Å². The van der Waals surface area contributed by atoms with Gasteiger partial charge in [0.15, 0.2) is 0 Å². The average molecular weight is 490 g/mol. The minimum Gasteiger partial charge on any atom is -0.351 e. The normalized spacial score (nSPS) is 18.5. The molecule has 10 heteroatoms. The van der Waals surface area contributed by atoms with Crippen LogP contribution in [0.25, 0.3) is 0 Å². The van der Waals surface area contributed by atoms with Crippen LogP contribution < -0.4 is 21.3 Å². The number of nitrogens with zero attached hydrogens (tertiary/aromatic N) is 1. The van der Waals surface area contributed by atoms with Gasteiger partial charge in [0.25, 0.3) is 11.8 Å². The highest BCUT2D eigenvalue weighted by atomic mass is 16.2. The second-order valence-corrected chi connectivity index (χ2v) is 8.91. The Labute approximate surface area is 208 Å². The number of imide groups is 2. The number of benzene rings is 2. The summed E-state index contributed by atoms with van der Waals surface area (Å²) in [4.78, 5) is 62.2. The van der Waals surface area contributed by atoms with Gasteiger partial charge in [0, 0.05) is 23.9 Å². The molecule has 0 aliphatic carbocycles. The Morgan fingerprint density at radius 2 is 1.81 bits per heavy atom. The molecule has 0 bridgehead atoms. The van der Waals surface area contributed by atoms with E-state index in [1.165, 1.54) is 0 Å². The highest BCUT2D eigenvalue weighted by Gasteiger charge is 2.42. The Morgan fingerprint density at radius 1 is 1.03 bits per heavy atom. The van der Waals surface area contributed by atoms with Gasteiger partial charge in [0.1, 0.15) is 11.7 Å². The first-order chi connectivity index (χ1) is 17.1. The van der Waals surface area contributed by atoms with E-state index in [1.54, 1.807) is 18.2 Å². The fourth-order valence-corrected chi connectivity index (χ4v) is 4.11. The van der Waals surface area contributed by atoms with Crippen LogP contribution in [0.1, 0.15) is 42.5 Å². The molecule has 1 unspecified atom stereocenters. The molecule has 10 nitrogen and oxygen atoms in total. The lowest BCUT2D eigenvalue weighted by Crippen LogP contribution is -2.54. The maximum Gasteiger partial charge on any atom is 0.319 e. The summed E-state index contributed by atoms with van der Waals surface area (Å²) in [6.45, 7) is 5.80. The smallest absolute Gasteiger partial charge is 0.319 e. The first-order valence-corrected chi connectivity index (χ1v) is 11.6. The Morgan fingerprint density at radius 3 is 2.53 bits per heavy atom. The van der Waals surface area contributed by atoms with Crippen molar-refractivity contribution in [3.8, 4) is 0 Å². The number of hydrogen-bond acceptors (Lipinski definition) is 6. The molecule has 1 fully saturated rings. The van der Waals surface area contributed by atoms with E-state index in [4.69, 9.17) is 0 Å². The lowest BCUT2D eigenvalue weighted by atomic mass is 10.0. The summed E-state index contributed by atoms with van der Waals surface area (Å²) >= 11 is 0. The zero-order chi connectivity index (χ0) is 26.0. The van der Waals surface area contributed by atoms with E-state index in [0.717, 1.165) is 27.7 Å². The number of aryl methyl sites for hydroxylation is 2. The zero-order valence-corrected chi connectivity index (χ0v) is 20.2. The number of carbonyl (C=O) groups is 5. The van der Waals surface area contributed by atoms with Gasteiger partial charge in [-0.3, -0.25) is 29.4 Å². The van der Waals surface area contributed by atoms with Gasteiger partial charge in [-0.15, -0.1) is 0 Å². The molecule has 0 saturated carbocycles. The maximum absolute atomic E-state index is 12.9. The molecule has 2 aromatic rings. The molecular formula is C26H27N5O5. The molecule has 1 saturated heterocycles. The number of urea groups is 1. The van der Waals surface area contributed by atoms with Crippen molar-refractivity contribution in [1.29, 1.82) is 0 Å². The van der Waals surface area contributed by atoms with Crippen LogP contribution in [0.3, 0.4) is 0 Å². The van der Waals surface area contributed by atoms with Gasteiger partial charge >= 0.3 is 6.03 Å². The van der Waals surface area contributed by atoms with Crippen molar-refractivity contribution >= 4 is 41.0 Å². The topological polar surface area (TPSA) is 137 Å². The number of piperidine rings is 1. The second kappa shape index (κ2) is 10.0. The van der Waals surface area contributed by atoms with Crippen LogP contribution >= 0.6 is 0 Å². The fraction of sp³-hybridized carbons (Fsp3) is 0.269. The zero-order valence-electron chi connectivity index (χ0n) is 20.2. The molecule has 0 aromatic heterocycles. The van der Waals surface area contributed by atoms with Gasteiger partial charge in [-0.25, -0.2) is 4.79 Å². The van der Waals surface area contributed by atoms with E-state index in [2.05, 4.69) is 21.3 Å². The Bertz CT molecular complexity index is 1300. The van der Waals surface area contributed by atoms with Crippen molar-refractivity contribution in [3.63, 3.8) is 0 Å². The third-order valence-corrected chi connectivity index (χ3v) is 6.25. The monoisotopic (exact) mass is 489 g/mol. The van der Waals surface area contributed by atoms with E-state index >= 15 is 0 Å². The number of nitrogens with one attached hydrogen (secondary N) is 4. The molecule has 0 radical (unpaired) electrons. The van der Waals surface area contributed by atoms with E-state index in [-0.39, 0.29) is 30.6 Å². The molecule has 4 N–H and O–H groups in total. The molecule has 2 aliphatic rings. The molecule has 6 amide bonds. The van der Waals surface area contributed by atoms with Gasteiger partial charge in [-0.2, -0.15) is 0 Å². The Kier molecular flexibility index (Phi) is 6.86. The summed E-state index contributed by atoms with van der Waals surface area (Å²) in [5, 5.41) is 10.8. The van der Waals surface area contributed by atoms with Crippen molar-refractivity contribution in [2.45, 2.75) is 45.7 Å². The summed E-state index contributed by atoms with van der Waals surface area (Å²) in [6.07, 6.45) is 1.28. The molecule has 2 atom stereocenters. The quantitative estimate of drug-likeness (QED) is 0.461. The summed E-state index contributed by atoms with van der Waals surface area (Å²) < 4.78 is 0. The van der Waals surface area contributed by atoms with Crippen molar-refractivity contribution in [2.24, 2.45) is 0 Å². The molecule has 36 heavy (non-hydrogen) atoms. The molecule has 0 spiro atoms. The lowest BCUT2D eigenvalue weighted by molar-refractivity contribution is -0.149. The Hall–Kier alpha value is -4.47. The number of hydrogen-bond donors (Lipinski definition) is 4. The number of rotatable bonds is 6. The molecule has 186 valence electrons. The molecule has 4 rings (SSSR count). The van der Waals surface area contributed by atoms with Crippen LogP contribution in [0.15, 0.2) is 54.2 Å². The predicted octanol–water partition coefficient (Wildman–Crippen LogP) is 2.66. The van der Waals surface area contributed by atoms with E-state index < -0.39 is 29.7 Å². The molecule has 2 aromatic carbocycles. The second-order valence-electron chi connectivity index (χ2n) is 8.91. The number of anilines is 2. The minimum absolute atomic E-state index is 0.0231. The SMILES string of the molecule is Cc1ccc(NC(=O)N[C@@H](C)c2cccc(NC3=CC(=O)N(C4CCC(=O)NC4=O)C3=O)c2)cc1C. The highest BCUT2D eigenvalue weighted by Crippen LogP contribution is 2.24. The fourth-order valence-electron chi connectivity index (χ4n) is 4.11. The van der Waals surface area contributed by atoms with E-state index in [9.17, 15) is 24.0 Å². The number of carbonyl (C=O) groups excluding carboxylic acids is 5. The largest absolute Gasteiger partial charge is 0.351 e. The molecule has 2 heterocycles. The minimum atomic E-state index is -1.02. The van der Waals surface area contributed by atoms with Gasteiger partial charge in [0.2, 0.25) is 11.8 Å². The van der Waals surface area contributed by atoms with E-state index in [0.29, 0.717) is 11.4 Å². The van der Waals surface area contributed by atoms with Gasteiger partial charge in [-0.05, 0) is 68.1 Å². The standard InChI is InChI=1S/C26H27N5O5/c1-14-7-8-19(11-15(14)2)29-26(36)27-16(3)17-5-4-6-18(12-17)28-20-13-23(33)31(25(20)35)21-9-10-22(32)30-24(21)34/h4-8,11-13,16,21,28H,9-10H2,1-3H3,(H2,27,29,36)(H,30,32,34)/t16-,21?/m0/s1. The predicted molar refractivity (Wildman–Crippen MR) is 133 cm³/mol. The van der Waals surface area contributed by atoms with Crippen molar-refractivity contribution in [1.82, 2.24) is 15.5 Å². The molecular weight excluding hydrogens is 462 g/mol. The highest BCUT2D eigenvalue weighted by molar-refractivity contribution is 6.20. The maximum atomic E-state index is 12.9. The first-order valence-electron chi connectivity index (χ1n) is 11.6. The van der Waals surface area contributed by atoms with Gasteiger partial charge in [0.05, 0.1) is 6.04 Å². The van der Waals surface area contributed by atoms with Gasteiger partial charge in [-0.1, -0.05) is 18.2 Å². The summed E-state index contributed by atoms with van der Waals surface area (Å²) in [5.41, 5.74) is 4.23. The Balaban J connectivity index is 1.39. The van der Waals surface area contributed by atoms with Crippen molar-refractivity contribution in [3.05, 3.63) is 70.9 Å². The van der Waals surface area contributed by atoms with Crippen LogP contribution in [0.5, 0.6) is 0 Å². The molecule has 2 aliphatic heterocycles.